The van der Waals surface area contributed by atoms with Crippen LogP contribution in [0.4, 0.5) is 10.3 Å². The lowest BCUT2D eigenvalue weighted by Gasteiger charge is -2.35. The Kier molecular flexibility index (Phi) is 5.22. The van der Waals surface area contributed by atoms with Crippen molar-refractivity contribution >= 4 is 5.95 Å². The van der Waals surface area contributed by atoms with Crippen molar-refractivity contribution in [1.29, 1.82) is 0 Å². The molecule has 1 aromatic heterocycles. The number of aliphatic hydroxyl groups is 1. The second kappa shape index (κ2) is 7.55. The van der Waals surface area contributed by atoms with Crippen LogP contribution in [-0.2, 0) is 0 Å². The predicted octanol–water partition coefficient (Wildman–Crippen LogP) is 1.48. The SMILES string of the molecule is COc1ccc([C@@H](O)CN2CCN(c3ncccn3)CC2)cc1F. The number of halogens is 1. The van der Waals surface area contributed by atoms with Crippen LogP contribution in [0.1, 0.15) is 11.7 Å². The minimum absolute atomic E-state index is 0.183. The Morgan fingerprint density at radius 2 is 1.92 bits per heavy atom. The summed E-state index contributed by atoms with van der Waals surface area (Å²) >= 11 is 0. The number of hydrogen-bond acceptors (Lipinski definition) is 6. The Labute approximate surface area is 140 Å². The number of β-amino-alcohol motifs (C(OH)–C–C–N with tert-alkyl or cyclic N) is 1. The maximum atomic E-state index is 13.8. The zero-order valence-corrected chi connectivity index (χ0v) is 13.6. The molecule has 0 spiro atoms. The molecule has 7 heteroatoms. The van der Waals surface area contributed by atoms with E-state index in [1.807, 2.05) is 0 Å². The van der Waals surface area contributed by atoms with Crippen LogP contribution in [0.2, 0.25) is 0 Å². The fourth-order valence-corrected chi connectivity index (χ4v) is 2.82. The van der Waals surface area contributed by atoms with Crippen LogP contribution in [0.5, 0.6) is 5.75 Å². The van der Waals surface area contributed by atoms with Crippen LogP contribution < -0.4 is 9.64 Å². The first kappa shape index (κ1) is 16.6. The van der Waals surface area contributed by atoms with Crippen molar-refractivity contribution in [1.82, 2.24) is 14.9 Å². The Balaban J connectivity index is 1.55. The molecule has 1 atom stereocenters. The van der Waals surface area contributed by atoms with Crippen molar-refractivity contribution in [2.24, 2.45) is 0 Å². The van der Waals surface area contributed by atoms with Crippen molar-refractivity contribution in [3.05, 3.63) is 48.0 Å². The van der Waals surface area contributed by atoms with Gasteiger partial charge in [0.15, 0.2) is 11.6 Å². The third-order valence-corrected chi connectivity index (χ3v) is 4.20. The first-order valence-electron chi connectivity index (χ1n) is 7.93. The Morgan fingerprint density at radius 3 is 2.54 bits per heavy atom. The van der Waals surface area contributed by atoms with Crippen molar-refractivity contribution in [2.75, 3.05) is 44.7 Å². The van der Waals surface area contributed by atoms with Crippen LogP contribution in [-0.4, -0.2) is 59.8 Å². The molecule has 1 aliphatic heterocycles. The topological polar surface area (TPSA) is 61.7 Å². The zero-order chi connectivity index (χ0) is 16.9. The van der Waals surface area contributed by atoms with E-state index in [4.69, 9.17) is 4.74 Å². The lowest BCUT2D eigenvalue weighted by Crippen LogP contribution is -2.48. The van der Waals surface area contributed by atoms with Gasteiger partial charge in [0.25, 0.3) is 0 Å². The van der Waals surface area contributed by atoms with E-state index in [-0.39, 0.29) is 5.75 Å². The maximum Gasteiger partial charge on any atom is 0.225 e. The minimum Gasteiger partial charge on any atom is -0.494 e. The number of piperazine rings is 1. The van der Waals surface area contributed by atoms with E-state index < -0.39 is 11.9 Å². The first-order valence-corrected chi connectivity index (χ1v) is 7.93. The molecule has 1 aromatic carbocycles. The third kappa shape index (κ3) is 3.80. The zero-order valence-electron chi connectivity index (χ0n) is 13.6. The molecule has 0 bridgehead atoms. The molecule has 6 nitrogen and oxygen atoms in total. The van der Waals surface area contributed by atoms with Crippen molar-refractivity contribution in [3.63, 3.8) is 0 Å². The van der Waals surface area contributed by atoms with Gasteiger partial charge in [-0.25, -0.2) is 14.4 Å². The molecule has 2 aromatic rings. The summed E-state index contributed by atoms with van der Waals surface area (Å²) in [5.41, 5.74) is 0.558. The van der Waals surface area contributed by atoms with Gasteiger partial charge in [0.05, 0.1) is 13.2 Å². The summed E-state index contributed by atoms with van der Waals surface area (Å²) < 4.78 is 18.7. The van der Waals surface area contributed by atoms with Crippen LogP contribution in [0.15, 0.2) is 36.7 Å². The molecule has 1 fully saturated rings. The summed E-state index contributed by atoms with van der Waals surface area (Å²) in [7, 11) is 1.42. The lowest BCUT2D eigenvalue weighted by molar-refractivity contribution is 0.109. The summed E-state index contributed by atoms with van der Waals surface area (Å²) in [5.74, 6) is 0.456. The monoisotopic (exact) mass is 332 g/mol. The number of ether oxygens (including phenoxy) is 1. The highest BCUT2D eigenvalue weighted by atomic mass is 19.1. The van der Waals surface area contributed by atoms with E-state index in [2.05, 4.69) is 19.8 Å². The summed E-state index contributed by atoms with van der Waals surface area (Å²) in [5, 5.41) is 10.4. The highest BCUT2D eigenvalue weighted by molar-refractivity contribution is 5.31. The Hall–Kier alpha value is -2.25. The van der Waals surface area contributed by atoms with Gasteiger partial charge in [0.2, 0.25) is 5.95 Å². The Morgan fingerprint density at radius 1 is 1.21 bits per heavy atom. The molecule has 0 amide bonds. The quantitative estimate of drug-likeness (QED) is 0.895. The van der Waals surface area contributed by atoms with Gasteiger partial charge in [-0.3, -0.25) is 4.90 Å². The molecule has 0 aliphatic carbocycles. The van der Waals surface area contributed by atoms with Gasteiger partial charge < -0.3 is 14.7 Å². The largest absolute Gasteiger partial charge is 0.494 e. The van der Waals surface area contributed by atoms with Gasteiger partial charge in [-0.1, -0.05) is 6.07 Å². The van der Waals surface area contributed by atoms with Crippen LogP contribution in [0.3, 0.4) is 0 Å². The number of anilines is 1. The minimum atomic E-state index is -0.732. The molecule has 1 saturated heterocycles. The molecule has 24 heavy (non-hydrogen) atoms. The van der Waals surface area contributed by atoms with Gasteiger partial charge in [0.1, 0.15) is 0 Å². The highest BCUT2D eigenvalue weighted by Gasteiger charge is 2.21. The Bertz CT molecular complexity index is 663. The first-order chi connectivity index (χ1) is 11.7. The number of methoxy groups -OCH3 is 1. The second-order valence-corrected chi connectivity index (χ2v) is 5.75. The fraction of sp³-hybridized carbons (Fsp3) is 0.412. The number of benzene rings is 1. The molecular weight excluding hydrogens is 311 g/mol. The normalized spacial score (nSPS) is 16.9. The van der Waals surface area contributed by atoms with Crippen LogP contribution in [0.25, 0.3) is 0 Å². The van der Waals surface area contributed by atoms with E-state index in [1.54, 1.807) is 30.6 Å². The van der Waals surface area contributed by atoms with Crippen molar-refractivity contribution in [2.45, 2.75) is 6.10 Å². The number of aromatic nitrogens is 2. The highest BCUT2D eigenvalue weighted by Crippen LogP contribution is 2.23. The molecule has 1 aliphatic rings. The van der Waals surface area contributed by atoms with Gasteiger partial charge in [-0.15, -0.1) is 0 Å². The lowest BCUT2D eigenvalue weighted by atomic mass is 10.1. The number of aliphatic hydroxyl groups excluding tert-OH is 1. The van der Waals surface area contributed by atoms with Gasteiger partial charge in [0, 0.05) is 45.1 Å². The van der Waals surface area contributed by atoms with E-state index in [0.717, 1.165) is 32.1 Å². The van der Waals surface area contributed by atoms with Gasteiger partial charge >= 0.3 is 0 Å². The smallest absolute Gasteiger partial charge is 0.225 e. The van der Waals surface area contributed by atoms with E-state index in [1.165, 1.54) is 13.2 Å². The summed E-state index contributed by atoms with van der Waals surface area (Å²) in [4.78, 5) is 12.8. The number of rotatable bonds is 5. The molecule has 1 N–H and O–H groups in total. The number of nitrogens with zero attached hydrogens (tertiary/aromatic N) is 4. The molecule has 0 radical (unpaired) electrons. The maximum absolute atomic E-state index is 13.8. The van der Waals surface area contributed by atoms with E-state index >= 15 is 0 Å². The summed E-state index contributed by atoms with van der Waals surface area (Å²) in [6.07, 6.45) is 2.73. The average Bonchev–Trinajstić information content (AvgIpc) is 2.63. The molecular formula is C17H21FN4O2. The van der Waals surface area contributed by atoms with E-state index in [0.29, 0.717) is 12.1 Å². The molecule has 0 unspecified atom stereocenters. The van der Waals surface area contributed by atoms with Crippen LogP contribution in [0, 0.1) is 5.82 Å². The summed E-state index contributed by atoms with van der Waals surface area (Å²) in [6.45, 7) is 3.67. The average molecular weight is 332 g/mol. The number of hydrogen-bond donors (Lipinski definition) is 1. The van der Waals surface area contributed by atoms with Crippen LogP contribution >= 0.6 is 0 Å². The van der Waals surface area contributed by atoms with E-state index in [9.17, 15) is 9.50 Å². The molecule has 3 rings (SSSR count). The third-order valence-electron chi connectivity index (χ3n) is 4.20. The van der Waals surface area contributed by atoms with Crippen molar-refractivity contribution < 1.29 is 14.2 Å². The predicted molar refractivity (Wildman–Crippen MR) is 88.6 cm³/mol. The summed E-state index contributed by atoms with van der Waals surface area (Å²) in [6, 6.07) is 6.36. The van der Waals surface area contributed by atoms with Crippen molar-refractivity contribution in [3.8, 4) is 5.75 Å². The van der Waals surface area contributed by atoms with Gasteiger partial charge in [-0.05, 0) is 23.8 Å². The second-order valence-electron chi connectivity index (χ2n) is 5.75. The standard InChI is InChI=1S/C17H21FN4O2/c1-24-16-4-3-13(11-14(16)18)15(23)12-21-7-9-22(10-8-21)17-19-5-2-6-20-17/h2-6,11,15,23H,7-10,12H2,1H3/t15-/m0/s1. The molecule has 128 valence electrons. The van der Waals surface area contributed by atoms with Gasteiger partial charge in [-0.2, -0.15) is 0 Å². The molecule has 2 heterocycles. The molecule has 0 saturated carbocycles. The fourth-order valence-electron chi connectivity index (χ4n) is 2.82.